The van der Waals surface area contributed by atoms with E-state index in [0.717, 1.165) is 23.4 Å². The van der Waals surface area contributed by atoms with Crippen molar-refractivity contribution < 1.29 is 4.74 Å². The van der Waals surface area contributed by atoms with Gasteiger partial charge in [0.25, 0.3) is 0 Å². The first-order chi connectivity index (χ1) is 8.02. The van der Waals surface area contributed by atoms with Crippen LogP contribution in [0.1, 0.15) is 32.3 Å². The molecule has 0 radical (unpaired) electrons. The minimum atomic E-state index is -0.204. The van der Waals surface area contributed by atoms with E-state index in [-0.39, 0.29) is 5.60 Å². The van der Waals surface area contributed by atoms with Gasteiger partial charge in [0.05, 0.1) is 0 Å². The van der Waals surface area contributed by atoms with E-state index >= 15 is 0 Å². The average Bonchev–Trinajstić information content (AvgIpc) is 2.97. The van der Waals surface area contributed by atoms with Crippen LogP contribution in [0, 0.1) is 0 Å². The van der Waals surface area contributed by atoms with Gasteiger partial charge in [0, 0.05) is 11.1 Å². The number of nitrogens with one attached hydrogen (secondary N) is 1. The van der Waals surface area contributed by atoms with Crippen LogP contribution in [0.3, 0.4) is 0 Å². The molecule has 0 heterocycles. The number of rotatable bonds is 5. The van der Waals surface area contributed by atoms with Crippen molar-refractivity contribution >= 4 is 11.6 Å². The molecule has 1 N–H and O–H groups in total. The molecule has 1 aliphatic carbocycles. The van der Waals surface area contributed by atoms with E-state index in [1.54, 1.807) is 0 Å². The Morgan fingerprint density at radius 2 is 2.18 bits per heavy atom. The molecule has 2 nitrogen and oxygen atoms in total. The van der Waals surface area contributed by atoms with E-state index < -0.39 is 0 Å². The predicted molar refractivity (Wildman–Crippen MR) is 70.9 cm³/mol. The Morgan fingerprint density at radius 1 is 1.47 bits per heavy atom. The second-order valence-electron chi connectivity index (χ2n) is 4.83. The zero-order valence-corrected chi connectivity index (χ0v) is 11.1. The summed E-state index contributed by atoms with van der Waals surface area (Å²) in [5.74, 6) is 0.637. The third kappa shape index (κ3) is 2.95. The molecule has 1 aromatic carbocycles. The van der Waals surface area contributed by atoms with Gasteiger partial charge in [0.2, 0.25) is 0 Å². The normalized spacial score (nSPS) is 16.7. The smallest absolute Gasteiger partial charge is 0.180 e. The van der Waals surface area contributed by atoms with E-state index in [4.69, 9.17) is 16.3 Å². The van der Waals surface area contributed by atoms with Gasteiger partial charge in [-0.1, -0.05) is 23.7 Å². The minimum Gasteiger partial charge on any atom is -0.468 e. The molecule has 0 unspecified atom stereocenters. The summed E-state index contributed by atoms with van der Waals surface area (Å²) < 4.78 is 5.94. The lowest BCUT2D eigenvalue weighted by atomic mass is 10.1. The first-order valence-corrected chi connectivity index (χ1v) is 6.30. The fraction of sp³-hybridized carbons (Fsp3) is 0.429. The summed E-state index contributed by atoms with van der Waals surface area (Å²) in [5.41, 5.74) is 0.931. The first kappa shape index (κ1) is 12.3. The Hall–Kier alpha value is -1.15. The Balaban J connectivity index is 2.07. The van der Waals surface area contributed by atoms with Crippen LogP contribution >= 0.6 is 11.6 Å². The van der Waals surface area contributed by atoms with Crippen molar-refractivity contribution in [3.8, 4) is 0 Å². The van der Waals surface area contributed by atoms with Crippen molar-refractivity contribution in [2.45, 2.75) is 38.3 Å². The van der Waals surface area contributed by atoms with Gasteiger partial charge in [0.1, 0.15) is 5.60 Å². The molecule has 0 bridgehead atoms. The molecule has 0 aliphatic heterocycles. The van der Waals surface area contributed by atoms with Crippen molar-refractivity contribution in [1.82, 2.24) is 5.32 Å². The number of hydrogen-bond acceptors (Lipinski definition) is 2. The molecule has 1 aromatic rings. The van der Waals surface area contributed by atoms with Gasteiger partial charge in [-0.25, -0.2) is 0 Å². The second kappa shape index (κ2) is 4.61. The molecular weight excluding hydrogens is 234 g/mol. The summed E-state index contributed by atoms with van der Waals surface area (Å²) in [5, 5.41) is 3.92. The van der Waals surface area contributed by atoms with Gasteiger partial charge in [-0.05, 0) is 51.0 Å². The number of halogens is 1. The lowest BCUT2D eigenvalue weighted by Crippen LogP contribution is -2.26. The number of benzene rings is 1. The van der Waals surface area contributed by atoms with E-state index in [1.165, 1.54) is 0 Å². The van der Waals surface area contributed by atoms with Gasteiger partial charge in [-0.15, -0.1) is 0 Å². The summed E-state index contributed by atoms with van der Waals surface area (Å²) in [4.78, 5) is 0. The second-order valence-corrected chi connectivity index (χ2v) is 5.27. The van der Waals surface area contributed by atoms with Gasteiger partial charge in [-0.3, -0.25) is 0 Å². The molecule has 1 fully saturated rings. The summed E-state index contributed by atoms with van der Waals surface area (Å²) >= 11 is 6.01. The summed E-state index contributed by atoms with van der Waals surface area (Å²) in [7, 11) is 0. The third-order valence-electron chi connectivity index (χ3n) is 2.82. The summed E-state index contributed by atoms with van der Waals surface area (Å²) in [6.07, 6.45) is 2.04. The van der Waals surface area contributed by atoms with Crippen LogP contribution in [0.2, 0.25) is 5.02 Å². The fourth-order valence-electron chi connectivity index (χ4n) is 1.92. The average molecular weight is 252 g/mol. The molecule has 0 amide bonds. The monoisotopic (exact) mass is 251 g/mol. The SMILES string of the molecule is C=C(NC(C)C)OC1(c2cccc(Cl)c2)CC1. The van der Waals surface area contributed by atoms with Crippen molar-refractivity contribution in [2.24, 2.45) is 0 Å². The quantitative estimate of drug-likeness (QED) is 0.804. The van der Waals surface area contributed by atoms with Crippen molar-refractivity contribution in [1.29, 1.82) is 0 Å². The summed E-state index contributed by atoms with van der Waals surface area (Å²) in [6.45, 7) is 8.03. The molecular formula is C14H18ClNO. The molecule has 3 heteroatoms. The van der Waals surface area contributed by atoms with Gasteiger partial charge >= 0.3 is 0 Å². The molecule has 17 heavy (non-hydrogen) atoms. The molecule has 0 aromatic heterocycles. The molecule has 2 rings (SSSR count). The minimum absolute atomic E-state index is 0.204. The predicted octanol–water partition coefficient (Wildman–Crippen LogP) is 3.81. The molecule has 0 atom stereocenters. The molecule has 0 spiro atoms. The van der Waals surface area contributed by atoms with Gasteiger partial charge in [-0.2, -0.15) is 0 Å². The maximum absolute atomic E-state index is 6.01. The first-order valence-electron chi connectivity index (χ1n) is 5.92. The molecule has 1 saturated carbocycles. The van der Waals surface area contributed by atoms with Crippen molar-refractivity contribution in [3.05, 3.63) is 47.3 Å². The van der Waals surface area contributed by atoms with Gasteiger partial charge < -0.3 is 10.1 Å². The van der Waals surface area contributed by atoms with E-state index in [2.05, 4.69) is 31.8 Å². The topological polar surface area (TPSA) is 21.3 Å². The van der Waals surface area contributed by atoms with Crippen molar-refractivity contribution in [3.63, 3.8) is 0 Å². The van der Waals surface area contributed by atoms with Crippen LogP contribution in [0.4, 0.5) is 0 Å². The molecule has 1 aliphatic rings. The van der Waals surface area contributed by atoms with Crippen LogP contribution in [0.25, 0.3) is 0 Å². The van der Waals surface area contributed by atoms with Crippen LogP contribution < -0.4 is 5.32 Å². The lowest BCUT2D eigenvalue weighted by Gasteiger charge is -2.22. The Morgan fingerprint density at radius 3 is 2.71 bits per heavy atom. The lowest BCUT2D eigenvalue weighted by molar-refractivity contribution is 0.0767. The largest absolute Gasteiger partial charge is 0.468 e. The number of hydrogen-bond donors (Lipinski definition) is 1. The Bertz CT molecular complexity index is 424. The zero-order valence-electron chi connectivity index (χ0n) is 10.3. The highest BCUT2D eigenvalue weighted by Gasteiger charge is 2.47. The zero-order chi connectivity index (χ0) is 12.5. The van der Waals surface area contributed by atoms with Crippen LogP contribution in [-0.2, 0) is 10.3 Å². The standard InChI is InChI=1S/C14H18ClNO/c1-10(2)16-11(3)17-14(7-8-14)12-5-4-6-13(15)9-12/h4-6,9-10,16H,3,7-8H2,1-2H3. The highest BCUT2D eigenvalue weighted by atomic mass is 35.5. The fourth-order valence-corrected chi connectivity index (χ4v) is 2.11. The maximum Gasteiger partial charge on any atom is 0.180 e. The highest BCUT2D eigenvalue weighted by Crippen LogP contribution is 2.50. The maximum atomic E-state index is 6.01. The van der Waals surface area contributed by atoms with Crippen LogP contribution in [-0.4, -0.2) is 6.04 Å². The van der Waals surface area contributed by atoms with Gasteiger partial charge in [0.15, 0.2) is 5.88 Å². The highest BCUT2D eigenvalue weighted by molar-refractivity contribution is 6.30. The van der Waals surface area contributed by atoms with E-state index in [9.17, 15) is 0 Å². The Labute approximate surface area is 108 Å². The Kier molecular flexibility index (Phi) is 3.34. The van der Waals surface area contributed by atoms with E-state index in [1.807, 2.05) is 18.2 Å². The van der Waals surface area contributed by atoms with Crippen LogP contribution in [0.15, 0.2) is 36.7 Å². The van der Waals surface area contributed by atoms with Crippen molar-refractivity contribution in [2.75, 3.05) is 0 Å². The number of ether oxygens (including phenoxy) is 1. The molecule has 92 valence electrons. The third-order valence-corrected chi connectivity index (χ3v) is 3.06. The van der Waals surface area contributed by atoms with Crippen LogP contribution in [0.5, 0.6) is 0 Å². The van der Waals surface area contributed by atoms with E-state index in [0.29, 0.717) is 11.9 Å². The molecule has 0 saturated heterocycles. The summed E-state index contributed by atoms with van der Waals surface area (Å²) in [6, 6.07) is 8.19.